The molecule has 0 aromatic heterocycles. The van der Waals surface area contributed by atoms with Gasteiger partial charge >= 0.3 is 6.03 Å². The van der Waals surface area contributed by atoms with Crippen LogP contribution in [0, 0.1) is 5.82 Å². The number of ether oxygens (including phenoxy) is 3. The molecule has 3 rings (SSSR count). The van der Waals surface area contributed by atoms with Crippen molar-refractivity contribution < 1.29 is 23.4 Å². The van der Waals surface area contributed by atoms with Crippen LogP contribution in [0.1, 0.15) is 25.7 Å². The summed E-state index contributed by atoms with van der Waals surface area (Å²) in [5.74, 6) is -0.365. The van der Waals surface area contributed by atoms with Gasteiger partial charge in [0.1, 0.15) is 5.82 Å². The second kappa shape index (κ2) is 8.79. The molecule has 1 atom stereocenters. The van der Waals surface area contributed by atoms with Gasteiger partial charge in [-0.1, -0.05) is 6.07 Å². The summed E-state index contributed by atoms with van der Waals surface area (Å²) in [5.41, 5.74) is 0.266. The zero-order chi connectivity index (χ0) is 18.4. The summed E-state index contributed by atoms with van der Waals surface area (Å²) in [5, 5.41) is 2.75. The number of methoxy groups -OCH3 is 1. The van der Waals surface area contributed by atoms with E-state index >= 15 is 0 Å². The molecule has 2 aliphatic rings. The van der Waals surface area contributed by atoms with E-state index in [0.29, 0.717) is 38.6 Å². The molecule has 26 heavy (non-hydrogen) atoms. The summed E-state index contributed by atoms with van der Waals surface area (Å²) >= 11 is 0. The lowest BCUT2D eigenvalue weighted by Gasteiger charge is -2.46. The molecular formula is C19H27FN2O4. The highest BCUT2D eigenvalue weighted by Crippen LogP contribution is 2.36. The monoisotopic (exact) mass is 366 g/mol. The van der Waals surface area contributed by atoms with Crippen molar-refractivity contribution >= 4 is 11.7 Å². The maximum absolute atomic E-state index is 13.2. The predicted octanol–water partition coefficient (Wildman–Crippen LogP) is 3.03. The van der Waals surface area contributed by atoms with Crippen molar-refractivity contribution in [2.24, 2.45) is 0 Å². The molecule has 1 spiro atoms. The standard InChI is InChI=1S/C19H27FN2O4/c1-24-11-12-25-17-5-10-26-19(14-17)6-8-22(9-7-19)18(23)21-16-4-2-3-15(20)13-16/h2-4,13,17H,5-12,14H2,1H3,(H,21,23). The number of rotatable bonds is 5. The van der Waals surface area contributed by atoms with Gasteiger partial charge in [0.2, 0.25) is 0 Å². The number of benzene rings is 1. The topological polar surface area (TPSA) is 60.0 Å². The Morgan fingerprint density at radius 1 is 1.38 bits per heavy atom. The summed E-state index contributed by atoms with van der Waals surface area (Å²) < 4.78 is 30.2. The van der Waals surface area contributed by atoms with Crippen LogP contribution in [0.5, 0.6) is 0 Å². The zero-order valence-corrected chi connectivity index (χ0v) is 15.2. The first-order valence-electron chi connectivity index (χ1n) is 9.16. The summed E-state index contributed by atoms with van der Waals surface area (Å²) in [6, 6.07) is 5.73. The number of halogens is 1. The molecule has 2 heterocycles. The number of likely N-dealkylation sites (tertiary alicyclic amines) is 1. The Morgan fingerprint density at radius 3 is 2.92 bits per heavy atom. The molecular weight excluding hydrogens is 339 g/mol. The van der Waals surface area contributed by atoms with Gasteiger partial charge in [0, 0.05) is 38.9 Å². The Kier molecular flexibility index (Phi) is 6.45. The molecule has 0 bridgehead atoms. The molecule has 2 amide bonds. The Morgan fingerprint density at radius 2 is 2.19 bits per heavy atom. The molecule has 1 unspecified atom stereocenters. The van der Waals surface area contributed by atoms with Crippen LogP contribution in [0.15, 0.2) is 24.3 Å². The second-order valence-corrected chi connectivity index (χ2v) is 6.94. The molecule has 6 nitrogen and oxygen atoms in total. The quantitative estimate of drug-likeness (QED) is 0.814. The highest BCUT2D eigenvalue weighted by atomic mass is 19.1. The van der Waals surface area contributed by atoms with Crippen molar-refractivity contribution in [1.29, 1.82) is 0 Å². The molecule has 0 saturated carbocycles. The average molecular weight is 366 g/mol. The number of nitrogens with zero attached hydrogens (tertiary/aromatic N) is 1. The predicted molar refractivity (Wildman–Crippen MR) is 95.8 cm³/mol. The maximum atomic E-state index is 13.2. The Bertz CT molecular complexity index is 605. The molecule has 144 valence electrons. The number of urea groups is 1. The third-order valence-electron chi connectivity index (χ3n) is 5.13. The summed E-state index contributed by atoms with van der Waals surface area (Å²) in [7, 11) is 1.67. The van der Waals surface area contributed by atoms with Gasteiger partial charge in [-0.2, -0.15) is 0 Å². The minimum Gasteiger partial charge on any atom is -0.382 e. The lowest BCUT2D eigenvalue weighted by atomic mass is 9.83. The van der Waals surface area contributed by atoms with Crippen LogP contribution in [0.3, 0.4) is 0 Å². The lowest BCUT2D eigenvalue weighted by Crippen LogP contribution is -2.52. The number of piperidine rings is 1. The minimum atomic E-state index is -0.365. The normalized spacial score (nSPS) is 22.4. The highest BCUT2D eigenvalue weighted by Gasteiger charge is 2.41. The second-order valence-electron chi connectivity index (χ2n) is 6.94. The third-order valence-corrected chi connectivity index (χ3v) is 5.13. The number of carbonyl (C=O) groups excluding carboxylic acids is 1. The van der Waals surface area contributed by atoms with E-state index in [-0.39, 0.29) is 23.6 Å². The van der Waals surface area contributed by atoms with Crippen LogP contribution in [-0.4, -0.2) is 62.7 Å². The molecule has 0 aliphatic carbocycles. The van der Waals surface area contributed by atoms with E-state index in [9.17, 15) is 9.18 Å². The fourth-order valence-electron chi connectivity index (χ4n) is 3.66. The number of hydrogen-bond acceptors (Lipinski definition) is 4. The molecule has 2 fully saturated rings. The van der Waals surface area contributed by atoms with Gasteiger partial charge in [0.05, 0.1) is 24.9 Å². The van der Waals surface area contributed by atoms with Crippen LogP contribution >= 0.6 is 0 Å². The first kappa shape index (κ1) is 19.1. The van der Waals surface area contributed by atoms with Gasteiger partial charge in [-0.05, 0) is 37.5 Å². The van der Waals surface area contributed by atoms with E-state index in [2.05, 4.69) is 5.32 Å². The van der Waals surface area contributed by atoms with E-state index in [1.807, 2.05) is 0 Å². The van der Waals surface area contributed by atoms with Gasteiger partial charge < -0.3 is 24.4 Å². The molecule has 1 N–H and O–H groups in total. The first-order chi connectivity index (χ1) is 12.6. The van der Waals surface area contributed by atoms with Crippen molar-refractivity contribution in [3.8, 4) is 0 Å². The molecule has 1 aromatic carbocycles. The van der Waals surface area contributed by atoms with Crippen LogP contribution in [-0.2, 0) is 14.2 Å². The van der Waals surface area contributed by atoms with Crippen LogP contribution in [0.4, 0.5) is 14.9 Å². The van der Waals surface area contributed by atoms with E-state index < -0.39 is 0 Å². The summed E-state index contributed by atoms with van der Waals surface area (Å²) in [4.78, 5) is 14.2. The Hall–Kier alpha value is -1.70. The number of carbonyl (C=O) groups is 1. The van der Waals surface area contributed by atoms with Gasteiger partial charge in [-0.3, -0.25) is 0 Å². The number of anilines is 1. The highest BCUT2D eigenvalue weighted by molar-refractivity contribution is 5.89. The molecule has 0 radical (unpaired) electrons. The van der Waals surface area contributed by atoms with E-state index in [1.54, 1.807) is 24.1 Å². The average Bonchev–Trinajstić information content (AvgIpc) is 2.63. The minimum absolute atomic E-state index is 0.187. The lowest BCUT2D eigenvalue weighted by molar-refractivity contribution is -0.154. The van der Waals surface area contributed by atoms with Gasteiger partial charge in [0.25, 0.3) is 0 Å². The van der Waals surface area contributed by atoms with Gasteiger partial charge in [-0.15, -0.1) is 0 Å². The molecule has 7 heteroatoms. The molecule has 2 aliphatic heterocycles. The molecule has 2 saturated heterocycles. The fourth-order valence-corrected chi connectivity index (χ4v) is 3.66. The number of amides is 2. The van der Waals surface area contributed by atoms with Crippen LogP contribution in [0.2, 0.25) is 0 Å². The van der Waals surface area contributed by atoms with Crippen molar-refractivity contribution in [3.63, 3.8) is 0 Å². The third kappa shape index (κ3) is 4.93. The van der Waals surface area contributed by atoms with Crippen LogP contribution < -0.4 is 5.32 Å². The Balaban J connectivity index is 1.49. The van der Waals surface area contributed by atoms with Crippen molar-refractivity contribution in [2.45, 2.75) is 37.4 Å². The first-order valence-corrected chi connectivity index (χ1v) is 9.16. The number of hydrogen-bond donors (Lipinski definition) is 1. The summed E-state index contributed by atoms with van der Waals surface area (Å²) in [6.45, 7) is 3.11. The van der Waals surface area contributed by atoms with E-state index in [0.717, 1.165) is 25.7 Å². The van der Waals surface area contributed by atoms with Crippen LogP contribution in [0.25, 0.3) is 0 Å². The molecule has 1 aromatic rings. The van der Waals surface area contributed by atoms with E-state index in [1.165, 1.54) is 12.1 Å². The van der Waals surface area contributed by atoms with Gasteiger partial charge in [-0.25, -0.2) is 9.18 Å². The largest absolute Gasteiger partial charge is 0.382 e. The maximum Gasteiger partial charge on any atom is 0.321 e. The summed E-state index contributed by atoms with van der Waals surface area (Å²) in [6.07, 6.45) is 3.51. The smallest absolute Gasteiger partial charge is 0.321 e. The van der Waals surface area contributed by atoms with Crippen molar-refractivity contribution in [2.75, 3.05) is 45.3 Å². The SMILES string of the molecule is COCCOC1CCOC2(CCN(C(=O)Nc3cccc(F)c3)CC2)C1. The van der Waals surface area contributed by atoms with Crippen molar-refractivity contribution in [1.82, 2.24) is 4.90 Å². The fraction of sp³-hybridized carbons (Fsp3) is 0.632. The number of nitrogens with one attached hydrogen (secondary N) is 1. The zero-order valence-electron chi connectivity index (χ0n) is 15.2. The van der Waals surface area contributed by atoms with E-state index in [4.69, 9.17) is 14.2 Å². The van der Waals surface area contributed by atoms with Gasteiger partial charge in [0.15, 0.2) is 0 Å². The Labute approximate surface area is 153 Å². The van der Waals surface area contributed by atoms with Crippen molar-refractivity contribution in [3.05, 3.63) is 30.1 Å².